The fraction of sp³-hybridized carbons (Fsp3) is 0.0625. The number of nitrogens with zero attached hydrogens (tertiary/aromatic N) is 1. The van der Waals surface area contributed by atoms with Crippen molar-refractivity contribution in [3.8, 4) is 11.5 Å². The molecule has 0 unspecified atom stereocenters. The average molecular weight is 250 g/mol. The maximum Gasteiger partial charge on any atom is 0.230 e. The van der Waals surface area contributed by atoms with Crippen LogP contribution in [0.1, 0.15) is 0 Å². The van der Waals surface area contributed by atoms with Crippen molar-refractivity contribution in [2.45, 2.75) is 0 Å². The summed E-state index contributed by atoms with van der Waals surface area (Å²) < 4.78 is 11.2. The minimum Gasteiger partial charge on any atom is -0.458 e. The van der Waals surface area contributed by atoms with Gasteiger partial charge in [-0.25, -0.2) is 0 Å². The molecule has 3 rings (SSSR count). The highest BCUT2D eigenvalue weighted by Gasteiger charge is 2.01. The van der Waals surface area contributed by atoms with Crippen molar-refractivity contribution in [1.29, 1.82) is 0 Å². The largest absolute Gasteiger partial charge is 0.458 e. The van der Waals surface area contributed by atoms with Gasteiger partial charge in [0.2, 0.25) is 6.79 Å². The summed E-state index contributed by atoms with van der Waals surface area (Å²) in [6.45, 7) is 0.172. The molecule has 0 aliphatic rings. The van der Waals surface area contributed by atoms with Crippen LogP contribution in [0.15, 0.2) is 60.9 Å². The number of hydrogen-bond donors (Lipinski definition) is 0. The van der Waals surface area contributed by atoms with Crippen molar-refractivity contribution in [3.63, 3.8) is 0 Å². The van der Waals surface area contributed by atoms with Gasteiger partial charge in [0.05, 0.1) is 0 Å². The van der Waals surface area contributed by atoms with Crippen LogP contribution in [0.25, 0.3) is 10.8 Å². The van der Waals surface area contributed by atoms with Gasteiger partial charge in [-0.3, -0.25) is 4.98 Å². The molecule has 0 N–H and O–H groups in total. The first-order valence-corrected chi connectivity index (χ1v) is 5.98. The second-order valence-corrected chi connectivity index (χ2v) is 4.00. The highest BCUT2D eigenvalue weighted by Crippen LogP contribution is 2.24. The lowest BCUT2D eigenvalue weighted by Crippen LogP contribution is -2.05. The van der Waals surface area contributed by atoms with Gasteiger partial charge in [-0.1, -0.05) is 24.3 Å². The average Bonchev–Trinajstić information content (AvgIpc) is 2.49. The van der Waals surface area contributed by atoms with Crippen LogP contribution in [-0.2, 0) is 0 Å². The van der Waals surface area contributed by atoms with Crippen molar-refractivity contribution in [2.24, 2.45) is 0 Å². The molecule has 0 saturated carbocycles. The van der Waals surface area contributed by atoms with Crippen LogP contribution in [0.2, 0.25) is 0 Å². The fourth-order valence-electron chi connectivity index (χ4n) is 1.85. The van der Waals surface area contributed by atoms with Gasteiger partial charge in [-0.05, 0) is 30.3 Å². The van der Waals surface area contributed by atoms with Crippen LogP contribution in [0.5, 0.6) is 11.5 Å². The summed E-state index contributed by atoms with van der Waals surface area (Å²) in [7, 11) is 0. The third-order valence-corrected chi connectivity index (χ3v) is 2.77. The molecule has 0 atom stereocenters. The molecule has 0 spiro atoms. The smallest absolute Gasteiger partial charge is 0.230 e. The van der Waals surface area contributed by atoms with E-state index in [1.165, 1.54) is 0 Å². The maximum absolute atomic E-state index is 5.66. The first kappa shape index (κ1) is 11.5. The standard InChI is InChI=1S/C16H12NO2/c1-2-6-14(7-3-1)18-12-19-16-8-4-5-13-11-17-10-9-15(13)16/h2-11H,12H2. The lowest BCUT2D eigenvalue weighted by Gasteiger charge is -2.10. The highest BCUT2D eigenvalue weighted by molar-refractivity contribution is 5.87. The zero-order chi connectivity index (χ0) is 12.9. The van der Waals surface area contributed by atoms with Gasteiger partial charge in [0.25, 0.3) is 0 Å². The van der Waals surface area contributed by atoms with E-state index in [0.29, 0.717) is 0 Å². The predicted molar refractivity (Wildman–Crippen MR) is 73.1 cm³/mol. The van der Waals surface area contributed by atoms with Gasteiger partial charge in [0, 0.05) is 23.2 Å². The van der Waals surface area contributed by atoms with E-state index < -0.39 is 0 Å². The number of aromatic nitrogens is 1. The third kappa shape index (κ3) is 2.65. The van der Waals surface area contributed by atoms with Crippen LogP contribution >= 0.6 is 0 Å². The number of pyridine rings is 1. The minimum atomic E-state index is 0.172. The van der Waals surface area contributed by atoms with Gasteiger partial charge in [0.15, 0.2) is 0 Å². The Bertz CT molecular complexity index is 662. The molecule has 0 bridgehead atoms. The Morgan fingerprint density at radius 1 is 1.00 bits per heavy atom. The summed E-state index contributed by atoms with van der Waals surface area (Å²) in [5.74, 6) is 1.56. The van der Waals surface area contributed by atoms with E-state index in [-0.39, 0.29) is 6.79 Å². The molecule has 0 saturated heterocycles. The Labute approximate surface area is 111 Å². The quantitative estimate of drug-likeness (QED) is 0.664. The summed E-state index contributed by atoms with van der Waals surface area (Å²) in [5.41, 5.74) is 0. The van der Waals surface area contributed by atoms with Crippen LogP contribution in [-0.4, -0.2) is 11.8 Å². The Morgan fingerprint density at radius 3 is 2.79 bits per heavy atom. The number of rotatable bonds is 4. The van der Waals surface area contributed by atoms with E-state index >= 15 is 0 Å². The monoisotopic (exact) mass is 250 g/mol. The van der Waals surface area contributed by atoms with Crippen molar-refractivity contribution in [2.75, 3.05) is 6.79 Å². The molecule has 0 aliphatic heterocycles. The van der Waals surface area contributed by atoms with E-state index in [2.05, 4.69) is 11.1 Å². The molecule has 0 amide bonds. The molecule has 19 heavy (non-hydrogen) atoms. The summed E-state index contributed by atoms with van der Waals surface area (Å²) >= 11 is 0. The molecule has 3 aromatic rings. The van der Waals surface area contributed by atoms with E-state index in [1.807, 2.05) is 42.6 Å². The van der Waals surface area contributed by atoms with Crippen molar-refractivity contribution < 1.29 is 9.47 Å². The van der Waals surface area contributed by atoms with Gasteiger partial charge in [0.1, 0.15) is 11.5 Å². The van der Waals surface area contributed by atoms with Crippen LogP contribution < -0.4 is 9.47 Å². The minimum absolute atomic E-state index is 0.172. The predicted octanol–water partition coefficient (Wildman–Crippen LogP) is 3.45. The molecule has 1 aromatic heterocycles. The number of benzene rings is 2. The molecule has 2 aromatic carbocycles. The molecular weight excluding hydrogens is 238 g/mol. The van der Waals surface area contributed by atoms with Gasteiger partial charge in [-0.2, -0.15) is 0 Å². The molecule has 93 valence electrons. The molecule has 3 nitrogen and oxygen atoms in total. The number of hydrogen-bond acceptors (Lipinski definition) is 3. The Morgan fingerprint density at radius 2 is 1.89 bits per heavy atom. The summed E-state index contributed by atoms with van der Waals surface area (Å²) in [5, 5.41) is 2.08. The zero-order valence-corrected chi connectivity index (χ0v) is 10.2. The Hall–Kier alpha value is -2.55. The molecular formula is C16H12NO2. The molecule has 3 heteroatoms. The Balaban J connectivity index is 1.72. The van der Waals surface area contributed by atoms with E-state index in [4.69, 9.17) is 9.47 Å². The first-order chi connectivity index (χ1) is 9.43. The van der Waals surface area contributed by atoms with E-state index in [1.54, 1.807) is 18.3 Å². The normalized spacial score (nSPS) is 10.3. The Kier molecular flexibility index (Phi) is 3.28. The third-order valence-electron chi connectivity index (χ3n) is 2.77. The van der Waals surface area contributed by atoms with Gasteiger partial charge in [-0.15, -0.1) is 0 Å². The van der Waals surface area contributed by atoms with Crippen LogP contribution in [0.4, 0.5) is 0 Å². The van der Waals surface area contributed by atoms with Gasteiger partial charge >= 0.3 is 0 Å². The fourth-order valence-corrected chi connectivity index (χ4v) is 1.85. The number of ether oxygens (including phenoxy) is 2. The second kappa shape index (κ2) is 5.40. The highest BCUT2D eigenvalue weighted by atomic mass is 16.7. The zero-order valence-electron chi connectivity index (χ0n) is 10.2. The molecule has 0 aliphatic carbocycles. The molecule has 0 fully saturated rings. The summed E-state index contributed by atoms with van der Waals surface area (Å²) in [6, 6.07) is 18.0. The van der Waals surface area contributed by atoms with Crippen LogP contribution in [0.3, 0.4) is 0 Å². The number of fused-ring (bicyclic) bond motifs is 1. The van der Waals surface area contributed by atoms with E-state index in [9.17, 15) is 0 Å². The van der Waals surface area contributed by atoms with Gasteiger partial charge < -0.3 is 9.47 Å². The van der Waals surface area contributed by atoms with Crippen molar-refractivity contribution in [3.05, 3.63) is 67.0 Å². The summed E-state index contributed by atoms with van der Waals surface area (Å²) in [6.07, 6.45) is 3.57. The van der Waals surface area contributed by atoms with Crippen molar-refractivity contribution >= 4 is 10.8 Å². The summed E-state index contributed by atoms with van der Waals surface area (Å²) in [4.78, 5) is 4.09. The second-order valence-electron chi connectivity index (χ2n) is 4.00. The van der Waals surface area contributed by atoms with Crippen molar-refractivity contribution in [1.82, 2.24) is 4.98 Å². The lowest BCUT2D eigenvalue weighted by molar-refractivity contribution is 0.121. The first-order valence-electron chi connectivity index (χ1n) is 5.98. The SMILES string of the molecule is [c]1ccc(OCOc2cccc3cnccc23)cc1. The van der Waals surface area contributed by atoms with Crippen LogP contribution in [0, 0.1) is 6.07 Å². The molecule has 1 radical (unpaired) electrons. The molecule has 1 heterocycles. The maximum atomic E-state index is 5.66. The van der Waals surface area contributed by atoms with E-state index in [0.717, 1.165) is 22.3 Å². The topological polar surface area (TPSA) is 31.4 Å². The lowest BCUT2D eigenvalue weighted by atomic mass is 10.1.